The highest BCUT2D eigenvalue weighted by atomic mass is 16.7. The molecule has 1 aliphatic carbocycles. The van der Waals surface area contributed by atoms with Gasteiger partial charge in [-0.3, -0.25) is 4.84 Å². The second-order valence-corrected chi connectivity index (χ2v) is 6.59. The van der Waals surface area contributed by atoms with Crippen molar-refractivity contribution in [1.82, 2.24) is 5.06 Å². The molecule has 3 heteroatoms. The number of nitrogens with zero attached hydrogens (tertiary/aromatic N) is 1. The summed E-state index contributed by atoms with van der Waals surface area (Å²) in [5.74, 6) is 0.442. The minimum atomic E-state index is -0.421. The molecule has 0 bridgehead atoms. The van der Waals surface area contributed by atoms with Crippen LogP contribution < -0.4 is 0 Å². The number of hydroxylamine groups is 2. The molecule has 1 heterocycles. The summed E-state index contributed by atoms with van der Waals surface area (Å²) in [6.07, 6.45) is 8.23. The summed E-state index contributed by atoms with van der Waals surface area (Å²) < 4.78 is 0. The smallest absolute Gasteiger partial charge is 0.142 e. The zero-order chi connectivity index (χ0) is 14.7. The molecule has 1 saturated heterocycles. The molecular weight excluding hydrogens is 262 g/mol. The van der Waals surface area contributed by atoms with Crippen molar-refractivity contribution >= 4 is 6.29 Å². The maximum Gasteiger partial charge on any atom is 0.142 e. The van der Waals surface area contributed by atoms with Crippen molar-refractivity contribution in [3.05, 3.63) is 35.9 Å². The highest BCUT2D eigenvalue weighted by molar-refractivity contribution is 5.65. The van der Waals surface area contributed by atoms with E-state index in [1.165, 1.54) is 31.1 Å². The first-order chi connectivity index (χ1) is 10.2. The molecule has 0 aromatic heterocycles. The van der Waals surface area contributed by atoms with Crippen LogP contribution in [-0.4, -0.2) is 23.0 Å². The van der Waals surface area contributed by atoms with E-state index in [0.717, 1.165) is 19.3 Å². The van der Waals surface area contributed by atoms with Crippen molar-refractivity contribution in [3.63, 3.8) is 0 Å². The maximum absolute atomic E-state index is 12.1. The Balaban J connectivity index is 1.83. The SMILES string of the molecule is C[C@@H]1C[C@](C=O)(C2CCCCC2)N(Cc2ccccc2)O1. The van der Waals surface area contributed by atoms with E-state index in [1.54, 1.807) is 0 Å². The van der Waals surface area contributed by atoms with Gasteiger partial charge in [-0.05, 0) is 31.2 Å². The molecule has 114 valence electrons. The zero-order valence-corrected chi connectivity index (χ0v) is 12.8. The molecule has 1 saturated carbocycles. The molecule has 0 amide bonds. The van der Waals surface area contributed by atoms with E-state index in [0.29, 0.717) is 12.5 Å². The molecule has 2 aliphatic rings. The second kappa shape index (κ2) is 6.29. The minimum Gasteiger partial charge on any atom is -0.301 e. The van der Waals surface area contributed by atoms with Crippen LogP contribution in [0, 0.1) is 5.92 Å². The highest BCUT2D eigenvalue weighted by Gasteiger charge is 2.51. The molecule has 0 N–H and O–H groups in total. The topological polar surface area (TPSA) is 29.5 Å². The third kappa shape index (κ3) is 2.90. The lowest BCUT2D eigenvalue weighted by Gasteiger charge is -2.40. The molecule has 1 aliphatic heterocycles. The maximum atomic E-state index is 12.1. The second-order valence-electron chi connectivity index (χ2n) is 6.59. The summed E-state index contributed by atoms with van der Waals surface area (Å²) in [6.45, 7) is 2.77. The summed E-state index contributed by atoms with van der Waals surface area (Å²) in [5.41, 5.74) is 0.781. The van der Waals surface area contributed by atoms with Crippen molar-refractivity contribution in [1.29, 1.82) is 0 Å². The number of benzene rings is 1. The lowest BCUT2D eigenvalue weighted by atomic mass is 9.73. The average molecular weight is 287 g/mol. The molecule has 2 fully saturated rings. The fraction of sp³-hybridized carbons (Fsp3) is 0.611. The monoisotopic (exact) mass is 287 g/mol. The van der Waals surface area contributed by atoms with Crippen LogP contribution in [0.2, 0.25) is 0 Å². The lowest BCUT2D eigenvalue weighted by Crippen LogP contribution is -2.51. The van der Waals surface area contributed by atoms with E-state index in [4.69, 9.17) is 4.84 Å². The summed E-state index contributed by atoms with van der Waals surface area (Å²) >= 11 is 0. The van der Waals surface area contributed by atoms with Gasteiger partial charge in [0.2, 0.25) is 0 Å². The Labute approximate surface area is 127 Å². The standard InChI is InChI=1S/C18H25NO2/c1-15-12-18(14-20,17-10-6-3-7-11-17)19(21-15)13-16-8-4-2-5-9-16/h2,4-5,8-9,14-15,17H,3,6-7,10-13H2,1H3/t15-,18+/m1/s1. The Kier molecular flexibility index (Phi) is 4.41. The molecule has 0 radical (unpaired) electrons. The van der Waals surface area contributed by atoms with Gasteiger partial charge in [-0.1, -0.05) is 49.6 Å². The molecule has 3 rings (SSSR count). The van der Waals surface area contributed by atoms with E-state index in [-0.39, 0.29) is 6.10 Å². The first-order valence-corrected chi connectivity index (χ1v) is 8.19. The summed E-state index contributed by atoms with van der Waals surface area (Å²) in [6, 6.07) is 10.3. The number of carbonyl (C=O) groups excluding carboxylic acids is 1. The Bertz CT molecular complexity index is 469. The molecular formula is C18H25NO2. The van der Waals surface area contributed by atoms with Gasteiger partial charge < -0.3 is 4.79 Å². The predicted octanol–water partition coefficient (Wildman–Crippen LogP) is 3.73. The summed E-state index contributed by atoms with van der Waals surface area (Å²) in [7, 11) is 0. The van der Waals surface area contributed by atoms with Crippen LogP contribution in [0.3, 0.4) is 0 Å². The molecule has 0 spiro atoms. The molecule has 1 aromatic carbocycles. The van der Waals surface area contributed by atoms with E-state index < -0.39 is 5.54 Å². The van der Waals surface area contributed by atoms with E-state index in [1.807, 2.05) is 23.3 Å². The first-order valence-electron chi connectivity index (χ1n) is 8.19. The van der Waals surface area contributed by atoms with Gasteiger partial charge in [0.1, 0.15) is 11.8 Å². The van der Waals surface area contributed by atoms with E-state index in [9.17, 15) is 4.79 Å². The fourth-order valence-electron chi connectivity index (χ4n) is 4.02. The number of hydrogen-bond acceptors (Lipinski definition) is 3. The fourth-order valence-corrected chi connectivity index (χ4v) is 4.02. The van der Waals surface area contributed by atoms with E-state index >= 15 is 0 Å². The number of aldehydes is 1. The Morgan fingerprint density at radius 2 is 1.95 bits per heavy atom. The lowest BCUT2D eigenvalue weighted by molar-refractivity contribution is -0.201. The van der Waals surface area contributed by atoms with Gasteiger partial charge in [-0.15, -0.1) is 0 Å². The van der Waals surface area contributed by atoms with Crippen molar-refractivity contribution in [2.75, 3.05) is 0 Å². The van der Waals surface area contributed by atoms with Crippen molar-refractivity contribution in [2.45, 2.75) is 63.6 Å². The van der Waals surface area contributed by atoms with Crippen LogP contribution in [0.25, 0.3) is 0 Å². The third-order valence-electron chi connectivity index (χ3n) is 5.07. The summed E-state index contributed by atoms with van der Waals surface area (Å²) in [4.78, 5) is 18.1. The third-order valence-corrected chi connectivity index (χ3v) is 5.07. The van der Waals surface area contributed by atoms with Crippen LogP contribution in [0.15, 0.2) is 30.3 Å². The van der Waals surface area contributed by atoms with Gasteiger partial charge in [-0.2, -0.15) is 5.06 Å². The minimum absolute atomic E-state index is 0.126. The predicted molar refractivity (Wildman–Crippen MR) is 82.5 cm³/mol. The Hall–Kier alpha value is -1.19. The quantitative estimate of drug-likeness (QED) is 0.790. The van der Waals surface area contributed by atoms with Gasteiger partial charge in [0.15, 0.2) is 0 Å². The Morgan fingerprint density at radius 1 is 1.24 bits per heavy atom. The van der Waals surface area contributed by atoms with Crippen LogP contribution in [0.4, 0.5) is 0 Å². The van der Waals surface area contributed by atoms with Crippen LogP contribution >= 0.6 is 0 Å². The molecule has 2 atom stereocenters. The van der Waals surface area contributed by atoms with Crippen LogP contribution in [0.5, 0.6) is 0 Å². The van der Waals surface area contributed by atoms with Gasteiger partial charge in [0, 0.05) is 6.42 Å². The normalized spacial score (nSPS) is 31.4. The van der Waals surface area contributed by atoms with Crippen molar-refractivity contribution in [2.24, 2.45) is 5.92 Å². The van der Waals surface area contributed by atoms with Gasteiger partial charge >= 0.3 is 0 Å². The largest absolute Gasteiger partial charge is 0.301 e. The van der Waals surface area contributed by atoms with E-state index in [2.05, 4.69) is 19.1 Å². The molecule has 3 nitrogen and oxygen atoms in total. The molecule has 21 heavy (non-hydrogen) atoms. The summed E-state index contributed by atoms with van der Waals surface area (Å²) in [5, 5.41) is 1.98. The average Bonchev–Trinajstić information content (AvgIpc) is 2.86. The van der Waals surface area contributed by atoms with Crippen LogP contribution in [0.1, 0.15) is 51.0 Å². The number of rotatable bonds is 4. The first kappa shape index (κ1) is 14.7. The highest BCUT2D eigenvalue weighted by Crippen LogP contribution is 2.43. The van der Waals surface area contributed by atoms with Crippen molar-refractivity contribution in [3.8, 4) is 0 Å². The van der Waals surface area contributed by atoms with Crippen molar-refractivity contribution < 1.29 is 9.63 Å². The van der Waals surface area contributed by atoms with Crippen LogP contribution in [-0.2, 0) is 16.2 Å². The number of hydrogen-bond donors (Lipinski definition) is 0. The zero-order valence-electron chi connectivity index (χ0n) is 12.8. The van der Waals surface area contributed by atoms with Gasteiger partial charge in [-0.25, -0.2) is 0 Å². The Morgan fingerprint density at radius 3 is 2.62 bits per heavy atom. The molecule has 0 unspecified atom stereocenters. The van der Waals surface area contributed by atoms with Gasteiger partial charge in [0.05, 0.1) is 12.6 Å². The number of carbonyl (C=O) groups is 1. The van der Waals surface area contributed by atoms with Gasteiger partial charge in [0.25, 0.3) is 0 Å². The molecule has 1 aromatic rings.